The Labute approximate surface area is 140 Å². The number of aliphatic carboxylic acids is 1. The van der Waals surface area contributed by atoms with E-state index in [9.17, 15) is 18.0 Å². The first-order valence-corrected chi connectivity index (χ1v) is 7.03. The van der Waals surface area contributed by atoms with E-state index in [-0.39, 0.29) is 23.6 Å². The zero-order chi connectivity index (χ0) is 18.6. The average Bonchev–Trinajstić information content (AvgIpc) is 2.49. The topological polar surface area (TPSA) is 94.8 Å². The number of nitrogens with zero attached hydrogens (tertiary/aromatic N) is 1. The maximum atomic E-state index is 12.3. The van der Waals surface area contributed by atoms with Crippen LogP contribution in [0.5, 0.6) is 5.75 Å². The molecule has 25 heavy (non-hydrogen) atoms. The molecule has 0 unspecified atom stereocenters. The quantitative estimate of drug-likeness (QED) is 0.560. The molecule has 9 heteroatoms. The molecule has 0 amide bonds. The van der Waals surface area contributed by atoms with Gasteiger partial charge in [-0.3, -0.25) is 0 Å². The Hall–Kier alpha value is -3.10. The van der Waals surface area contributed by atoms with Crippen LogP contribution in [0.3, 0.4) is 0 Å². The number of alkyl halides is 3. The van der Waals surface area contributed by atoms with Crippen LogP contribution in [-0.2, 0) is 11.2 Å². The smallest absolute Gasteiger partial charge is 0.477 e. The number of halogens is 3. The van der Waals surface area contributed by atoms with Crippen LogP contribution >= 0.6 is 0 Å². The van der Waals surface area contributed by atoms with Gasteiger partial charge in [-0.2, -0.15) is 0 Å². The summed E-state index contributed by atoms with van der Waals surface area (Å²) in [5.41, 5.74) is 1.54. The molecule has 2 rings (SSSR count). The largest absolute Gasteiger partial charge is 0.573 e. The zero-order valence-electron chi connectivity index (χ0n) is 13.0. The molecule has 1 aliphatic rings. The maximum Gasteiger partial charge on any atom is 0.573 e. The fourth-order valence-corrected chi connectivity index (χ4v) is 2.15. The summed E-state index contributed by atoms with van der Waals surface area (Å²) in [5, 5.41) is 18.9. The van der Waals surface area contributed by atoms with Crippen molar-refractivity contribution in [1.82, 2.24) is 5.32 Å². The third kappa shape index (κ3) is 4.93. The number of carboxylic acids is 1. The molecule has 0 spiro atoms. The Morgan fingerprint density at radius 1 is 1.44 bits per heavy atom. The lowest BCUT2D eigenvalue weighted by Crippen LogP contribution is -2.22. The van der Waals surface area contributed by atoms with E-state index in [1.165, 1.54) is 24.4 Å². The van der Waals surface area contributed by atoms with E-state index in [2.05, 4.69) is 15.0 Å². The van der Waals surface area contributed by atoms with Crippen molar-refractivity contribution in [3.8, 4) is 5.75 Å². The highest BCUT2D eigenvalue weighted by Crippen LogP contribution is 2.25. The van der Waals surface area contributed by atoms with Gasteiger partial charge in [0.1, 0.15) is 17.1 Å². The first kappa shape index (κ1) is 18.2. The van der Waals surface area contributed by atoms with Crippen molar-refractivity contribution in [2.75, 3.05) is 0 Å². The molecule has 0 saturated carbocycles. The van der Waals surface area contributed by atoms with Crippen LogP contribution in [0.1, 0.15) is 12.5 Å². The molecule has 0 radical (unpaired) electrons. The number of rotatable bonds is 5. The zero-order valence-corrected chi connectivity index (χ0v) is 13.0. The number of allylic oxidation sites excluding steroid dienone is 2. The molecule has 0 aliphatic carbocycles. The van der Waals surface area contributed by atoms with Gasteiger partial charge in [-0.25, -0.2) is 9.79 Å². The summed E-state index contributed by atoms with van der Waals surface area (Å²) >= 11 is 0. The van der Waals surface area contributed by atoms with E-state index in [4.69, 9.17) is 10.5 Å². The number of nitrogens with one attached hydrogen (secondary N) is 2. The molecular formula is C16H14F3N3O3. The number of carbonyl (C=O) groups is 1. The molecule has 1 heterocycles. The molecule has 1 aromatic rings. The number of ether oxygens (including phenoxy) is 1. The van der Waals surface area contributed by atoms with E-state index in [1.54, 1.807) is 13.0 Å². The van der Waals surface area contributed by atoms with Crippen LogP contribution in [0.25, 0.3) is 0 Å². The number of aliphatic imine (C=N–C) groups is 1. The normalized spacial score (nSPS) is 16.3. The van der Waals surface area contributed by atoms with Crippen LogP contribution in [0.4, 0.5) is 13.2 Å². The number of hydrogen-bond acceptors (Lipinski definition) is 5. The van der Waals surface area contributed by atoms with Gasteiger partial charge in [0.2, 0.25) is 0 Å². The van der Waals surface area contributed by atoms with Gasteiger partial charge in [-0.15, -0.1) is 13.2 Å². The lowest BCUT2D eigenvalue weighted by molar-refractivity contribution is -0.274. The Bertz CT molecular complexity index is 795. The van der Waals surface area contributed by atoms with E-state index < -0.39 is 12.3 Å². The Kier molecular flexibility index (Phi) is 5.26. The van der Waals surface area contributed by atoms with E-state index in [0.29, 0.717) is 23.0 Å². The van der Waals surface area contributed by atoms with Gasteiger partial charge in [0, 0.05) is 24.5 Å². The van der Waals surface area contributed by atoms with Gasteiger partial charge >= 0.3 is 12.3 Å². The Balaban J connectivity index is 2.20. The fourth-order valence-electron chi connectivity index (χ4n) is 2.15. The van der Waals surface area contributed by atoms with Crippen molar-refractivity contribution < 1.29 is 27.8 Å². The molecule has 0 saturated heterocycles. The third-order valence-electron chi connectivity index (χ3n) is 3.29. The van der Waals surface area contributed by atoms with Crippen molar-refractivity contribution in [1.29, 1.82) is 5.41 Å². The van der Waals surface area contributed by atoms with Gasteiger partial charge < -0.3 is 20.6 Å². The SMILES string of the molecule is CC1=C(Cc2cccc(OC(F)(F)F)c2)C=N/C(=C(/C=N)C(=O)O)N1. The minimum atomic E-state index is -4.76. The minimum absolute atomic E-state index is 0.0258. The summed E-state index contributed by atoms with van der Waals surface area (Å²) in [6, 6.07) is 5.56. The molecule has 0 bridgehead atoms. The van der Waals surface area contributed by atoms with Crippen LogP contribution in [0, 0.1) is 5.41 Å². The molecule has 1 aliphatic heterocycles. The summed E-state index contributed by atoms with van der Waals surface area (Å²) in [6.45, 7) is 1.68. The molecule has 132 valence electrons. The van der Waals surface area contributed by atoms with Crippen LogP contribution in [0.15, 0.2) is 51.9 Å². The lowest BCUT2D eigenvalue weighted by atomic mass is 10.0. The number of carboxylic acid groups (broad SMARTS) is 1. The van der Waals surface area contributed by atoms with Crippen LogP contribution in [-0.4, -0.2) is 29.9 Å². The predicted molar refractivity (Wildman–Crippen MR) is 84.6 cm³/mol. The van der Waals surface area contributed by atoms with E-state index in [1.807, 2.05) is 0 Å². The van der Waals surface area contributed by atoms with Crippen LogP contribution in [0.2, 0.25) is 0 Å². The first-order chi connectivity index (χ1) is 11.7. The summed E-state index contributed by atoms with van der Waals surface area (Å²) in [7, 11) is 0. The highest BCUT2D eigenvalue weighted by Gasteiger charge is 2.31. The molecule has 0 fully saturated rings. The maximum absolute atomic E-state index is 12.3. The second-order valence-electron chi connectivity index (χ2n) is 5.12. The second-order valence-corrected chi connectivity index (χ2v) is 5.12. The monoisotopic (exact) mass is 353 g/mol. The number of hydrogen-bond donors (Lipinski definition) is 3. The number of benzene rings is 1. The Morgan fingerprint density at radius 2 is 2.16 bits per heavy atom. The lowest BCUT2D eigenvalue weighted by Gasteiger charge is -2.18. The van der Waals surface area contributed by atoms with Crippen molar-refractivity contribution >= 4 is 18.4 Å². The van der Waals surface area contributed by atoms with Gasteiger partial charge in [-0.05, 0) is 30.2 Å². The standard InChI is InChI=1S/C16H14F3N3O3/c1-9-11(8-21-14(22-9)13(7-20)15(23)24)5-10-3-2-4-12(6-10)25-16(17,18)19/h2-4,6-8,20,22H,5H2,1H3,(H,23,24)/b14-13+,20-7?. The predicted octanol–water partition coefficient (Wildman–Crippen LogP) is 3.02. The van der Waals surface area contributed by atoms with Crippen molar-refractivity contribution in [3.63, 3.8) is 0 Å². The summed E-state index contributed by atoms with van der Waals surface area (Å²) in [6.07, 6.45) is -2.39. The molecule has 1 aromatic carbocycles. The van der Waals surface area contributed by atoms with Gasteiger partial charge in [0.25, 0.3) is 0 Å². The van der Waals surface area contributed by atoms with Gasteiger partial charge in [-0.1, -0.05) is 12.1 Å². The van der Waals surface area contributed by atoms with Gasteiger partial charge in [0.05, 0.1) is 0 Å². The fraction of sp³-hybridized carbons (Fsp3) is 0.188. The van der Waals surface area contributed by atoms with Crippen molar-refractivity contribution in [2.24, 2.45) is 4.99 Å². The molecule has 6 nitrogen and oxygen atoms in total. The second kappa shape index (κ2) is 7.20. The van der Waals surface area contributed by atoms with Crippen molar-refractivity contribution in [3.05, 3.63) is 52.5 Å². The van der Waals surface area contributed by atoms with Gasteiger partial charge in [0.15, 0.2) is 0 Å². The Morgan fingerprint density at radius 3 is 2.72 bits per heavy atom. The van der Waals surface area contributed by atoms with E-state index >= 15 is 0 Å². The summed E-state index contributed by atoms with van der Waals surface area (Å²) in [5.74, 6) is -1.58. The first-order valence-electron chi connectivity index (χ1n) is 7.03. The summed E-state index contributed by atoms with van der Waals surface area (Å²) in [4.78, 5) is 15.0. The van der Waals surface area contributed by atoms with Crippen molar-refractivity contribution in [2.45, 2.75) is 19.7 Å². The minimum Gasteiger partial charge on any atom is -0.477 e. The molecule has 0 atom stereocenters. The summed E-state index contributed by atoms with van der Waals surface area (Å²) < 4.78 is 40.7. The molecule has 0 aromatic heterocycles. The highest BCUT2D eigenvalue weighted by molar-refractivity contribution is 6.08. The molecule has 3 N–H and O–H groups in total. The molecular weight excluding hydrogens is 339 g/mol. The van der Waals surface area contributed by atoms with Crippen LogP contribution < -0.4 is 10.1 Å². The highest BCUT2D eigenvalue weighted by atomic mass is 19.4. The third-order valence-corrected chi connectivity index (χ3v) is 3.29. The van der Waals surface area contributed by atoms with E-state index in [0.717, 1.165) is 0 Å². The average molecular weight is 353 g/mol.